The van der Waals surface area contributed by atoms with Crippen LogP contribution < -0.4 is 0 Å². The number of hydrogen-bond donors (Lipinski definition) is 0. The number of likely N-dealkylation sites (tertiary alicyclic amines) is 1. The molecule has 2 saturated heterocycles. The van der Waals surface area contributed by atoms with Gasteiger partial charge < -0.3 is 0 Å². The zero-order valence-corrected chi connectivity index (χ0v) is 13.8. The minimum Gasteiger partial charge on any atom is -0.286 e. The van der Waals surface area contributed by atoms with Crippen LogP contribution in [-0.2, 0) is 4.79 Å². The zero-order chi connectivity index (χ0) is 15.5. The van der Waals surface area contributed by atoms with E-state index in [1.165, 1.54) is 43.2 Å². The van der Waals surface area contributed by atoms with E-state index in [2.05, 4.69) is 4.90 Å². The van der Waals surface area contributed by atoms with E-state index in [0.29, 0.717) is 15.9 Å². The fourth-order valence-electron chi connectivity index (χ4n) is 2.63. The lowest BCUT2D eigenvalue weighted by Gasteiger charge is -2.29. The molecule has 0 spiro atoms. The molecule has 1 aromatic carbocycles. The molecule has 22 heavy (non-hydrogen) atoms. The Kier molecular flexibility index (Phi) is 4.90. The number of hydrogen-bond acceptors (Lipinski definition) is 4. The second-order valence-electron chi connectivity index (χ2n) is 5.48. The summed E-state index contributed by atoms with van der Waals surface area (Å²) in [6.07, 6.45) is 5.40. The van der Waals surface area contributed by atoms with E-state index in [-0.39, 0.29) is 11.7 Å². The van der Waals surface area contributed by atoms with Crippen LogP contribution in [-0.4, -0.2) is 39.8 Å². The second kappa shape index (κ2) is 6.89. The molecule has 0 atom stereocenters. The maximum absolute atomic E-state index is 12.9. The molecule has 2 fully saturated rings. The summed E-state index contributed by atoms with van der Waals surface area (Å²) in [7, 11) is 0. The van der Waals surface area contributed by atoms with Crippen molar-refractivity contribution < 1.29 is 9.18 Å². The molecular formula is C16H17FN2OS2. The predicted molar refractivity (Wildman–Crippen MR) is 91.7 cm³/mol. The van der Waals surface area contributed by atoms with Gasteiger partial charge in [0.15, 0.2) is 0 Å². The molecule has 6 heteroatoms. The van der Waals surface area contributed by atoms with Gasteiger partial charge in [-0.25, -0.2) is 4.39 Å². The van der Waals surface area contributed by atoms with Gasteiger partial charge in [-0.2, -0.15) is 0 Å². The summed E-state index contributed by atoms with van der Waals surface area (Å²) < 4.78 is 13.5. The number of piperidine rings is 1. The van der Waals surface area contributed by atoms with Crippen molar-refractivity contribution in [3.63, 3.8) is 0 Å². The van der Waals surface area contributed by atoms with Crippen LogP contribution in [0.2, 0.25) is 0 Å². The summed E-state index contributed by atoms with van der Waals surface area (Å²) in [5, 5.41) is 0. The quantitative estimate of drug-likeness (QED) is 0.623. The topological polar surface area (TPSA) is 23.6 Å². The van der Waals surface area contributed by atoms with Crippen molar-refractivity contribution in [2.45, 2.75) is 19.3 Å². The SMILES string of the molecule is O=C1/C(=C/c2ccc(F)cc2)SC(=S)N1CN1CCCCC1. The number of thioether (sulfide) groups is 1. The Labute approximate surface area is 139 Å². The highest BCUT2D eigenvalue weighted by molar-refractivity contribution is 8.26. The average molecular weight is 336 g/mol. The van der Waals surface area contributed by atoms with E-state index < -0.39 is 0 Å². The molecule has 2 aliphatic heterocycles. The highest BCUT2D eigenvalue weighted by Crippen LogP contribution is 2.32. The van der Waals surface area contributed by atoms with E-state index in [0.717, 1.165) is 18.7 Å². The third-order valence-electron chi connectivity index (χ3n) is 3.83. The highest BCUT2D eigenvalue weighted by Gasteiger charge is 2.33. The lowest BCUT2D eigenvalue weighted by atomic mass is 10.1. The predicted octanol–water partition coefficient (Wildman–Crippen LogP) is 3.47. The van der Waals surface area contributed by atoms with Crippen LogP contribution in [0, 0.1) is 5.82 Å². The van der Waals surface area contributed by atoms with Gasteiger partial charge in [0.05, 0.1) is 11.6 Å². The summed E-state index contributed by atoms with van der Waals surface area (Å²) in [4.78, 5) is 17.1. The molecule has 3 rings (SSSR count). The van der Waals surface area contributed by atoms with Crippen molar-refractivity contribution in [1.82, 2.24) is 9.80 Å². The lowest BCUT2D eigenvalue weighted by Crippen LogP contribution is -2.42. The summed E-state index contributed by atoms with van der Waals surface area (Å²) in [6.45, 7) is 2.62. The summed E-state index contributed by atoms with van der Waals surface area (Å²) >= 11 is 6.66. The van der Waals surface area contributed by atoms with E-state index in [4.69, 9.17) is 12.2 Å². The van der Waals surface area contributed by atoms with Crippen molar-refractivity contribution in [3.8, 4) is 0 Å². The van der Waals surface area contributed by atoms with E-state index in [9.17, 15) is 9.18 Å². The number of rotatable bonds is 3. The van der Waals surface area contributed by atoms with Gasteiger partial charge in [-0.3, -0.25) is 14.6 Å². The van der Waals surface area contributed by atoms with Gasteiger partial charge in [-0.05, 0) is 49.7 Å². The fraction of sp³-hybridized carbons (Fsp3) is 0.375. The Morgan fingerprint density at radius 3 is 2.55 bits per heavy atom. The smallest absolute Gasteiger partial charge is 0.267 e. The molecule has 0 aliphatic carbocycles. The Morgan fingerprint density at radius 1 is 1.18 bits per heavy atom. The number of carbonyl (C=O) groups excluding carboxylic acids is 1. The molecule has 2 aliphatic rings. The molecule has 0 aromatic heterocycles. The average Bonchev–Trinajstić information content (AvgIpc) is 2.78. The molecule has 0 bridgehead atoms. The molecule has 0 radical (unpaired) electrons. The molecule has 1 aromatic rings. The monoisotopic (exact) mass is 336 g/mol. The normalized spacial score (nSPS) is 21.9. The van der Waals surface area contributed by atoms with Gasteiger partial charge in [0.1, 0.15) is 10.1 Å². The molecular weight excluding hydrogens is 319 g/mol. The van der Waals surface area contributed by atoms with E-state index >= 15 is 0 Å². The summed E-state index contributed by atoms with van der Waals surface area (Å²) in [5.74, 6) is -0.334. The number of halogens is 1. The Balaban J connectivity index is 1.71. The lowest BCUT2D eigenvalue weighted by molar-refractivity contribution is -0.123. The van der Waals surface area contributed by atoms with Crippen LogP contribution in [0.5, 0.6) is 0 Å². The molecule has 3 nitrogen and oxygen atoms in total. The second-order valence-corrected chi connectivity index (χ2v) is 7.16. The number of nitrogens with zero attached hydrogens (tertiary/aromatic N) is 2. The van der Waals surface area contributed by atoms with E-state index in [1.54, 1.807) is 23.1 Å². The Bertz CT molecular complexity index is 609. The Hall–Kier alpha value is -1.24. The third-order valence-corrected chi connectivity index (χ3v) is 5.21. The molecule has 0 N–H and O–H groups in total. The summed E-state index contributed by atoms with van der Waals surface area (Å²) in [6, 6.07) is 6.10. The van der Waals surface area contributed by atoms with Crippen LogP contribution >= 0.6 is 24.0 Å². The van der Waals surface area contributed by atoms with Gasteiger partial charge in [0, 0.05) is 0 Å². The minimum atomic E-state index is -0.283. The third kappa shape index (κ3) is 3.56. The van der Waals surface area contributed by atoms with Crippen molar-refractivity contribution >= 4 is 40.3 Å². The first-order valence-electron chi connectivity index (χ1n) is 7.37. The van der Waals surface area contributed by atoms with Crippen LogP contribution in [0.1, 0.15) is 24.8 Å². The molecule has 2 heterocycles. The number of carbonyl (C=O) groups is 1. The zero-order valence-electron chi connectivity index (χ0n) is 12.1. The Morgan fingerprint density at radius 2 is 1.86 bits per heavy atom. The highest BCUT2D eigenvalue weighted by atomic mass is 32.2. The van der Waals surface area contributed by atoms with Crippen LogP contribution in [0.4, 0.5) is 4.39 Å². The maximum atomic E-state index is 12.9. The molecule has 0 saturated carbocycles. The van der Waals surface area contributed by atoms with Crippen LogP contribution in [0.3, 0.4) is 0 Å². The minimum absolute atomic E-state index is 0.0510. The van der Waals surface area contributed by atoms with Crippen molar-refractivity contribution in [3.05, 3.63) is 40.6 Å². The molecule has 116 valence electrons. The van der Waals surface area contributed by atoms with E-state index in [1.807, 2.05) is 0 Å². The molecule has 1 amide bonds. The van der Waals surface area contributed by atoms with Gasteiger partial charge in [-0.1, -0.05) is 42.5 Å². The number of thiocarbonyl (C=S) groups is 1. The van der Waals surface area contributed by atoms with Crippen LogP contribution in [0.15, 0.2) is 29.2 Å². The fourth-order valence-corrected chi connectivity index (χ4v) is 3.87. The molecule has 0 unspecified atom stereocenters. The maximum Gasteiger partial charge on any atom is 0.267 e. The van der Waals surface area contributed by atoms with Crippen molar-refractivity contribution in [2.75, 3.05) is 19.8 Å². The van der Waals surface area contributed by atoms with Gasteiger partial charge >= 0.3 is 0 Å². The standard InChI is InChI=1S/C16H17FN2OS2/c17-13-6-4-12(5-7-13)10-14-15(20)19(16(21)22-14)11-18-8-2-1-3-9-18/h4-7,10H,1-3,8-9,11H2/b14-10-. The number of amides is 1. The first-order chi connectivity index (χ1) is 10.6. The van der Waals surface area contributed by atoms with Gasteiger partial charge in [0.2, 0.25) is 0 Å². The first-order valence-corrected chi connectivity index (χ1v) is 8.59. The van der Waals surface area contributed by atoms with Gasteiger partial charge in [0.25, 0.3) is 5.91 Å². The number of benzene rings is 1. The summed E-state index contributed by atoms with van der Waals surface area (Å²) in [5.41, 5.74) is 0.805. The van der Waals surface area contributed by atoms with Gasteiger partial charge in [-0.15, -0.1) is 0 Å². The van der Waals surface area contributed by atoms with Crippen molar-refractivity contribution in [1.29, 1.82) is 0 Å². The van der Waals surface area contributed by atoms with Crippen molar-refractivity contribution in [2.24, 2.45) is 0 Å². The first kappa shape index (κ1) is 15.6. The largest absolute Gasteiger partial charge is 0.286 e. The van der Waals surface area contributed by atoms with Crippen LogP contribution in [0.25, 0.3) is 6.08 Å².